The van der Waals surface area contributed by atoms with Crippen molar-refractivity contribution in [1.82, 2.24) is 5.32 Å². The van der Waals surface area contributed by atoms with E-state index in [1.165, 1.54) is 10.8 Å². The molecule has 33 heavy (non-hydrogen) atoms. The van der Waals surface area contributed by atoms with Crippen LogP contribution in [0.2, 0.25) is 0 Å². The van der Waals surface area contributed by atoms with Crippen LogP contribution < -0.4 is 5.32 Å². The van der Waals surface area contributed by atoms with Gasteiger partial charge >= 0.3 is 0 Å². The molecule has 0 bridgehead atoms. The number of amides is 1. The minimum atomic E-state index is -0.262. The normalized spacial score (nSPS) is 19.6. The van der Waals surface area contributed by atoms with E-state index in [0.29, 0.717) is 25.3 Å². The second-order valence-electron chi connectivity index (χ2n) is 10.4. The quantitative estimate of drug-likeness (QED) is 0.501. The molecule has 2 aromatic carbocycles. The summed E-state index contributed by atoms with van der Waals surface area (Å²) in [7, 11) is 0. The number of ketones is 2. The van der Waals surface area contributed by atoms with Gasteiger partial charge in [0.1, 0.15) is 11.6 Å². The molecule has 0 radical (unpaired) electrons. The van der Waals surface area contributed by atoms with Crippen molar-refractivity contribution in [3.63, 3.8) is 0 Å². The fourth-order valence-corrected chi connectivity index (χ4v) is 4.94. The number of carbonyl (C=O) groups excluding carboxylic acids is 3. The van der Waals surface area contributed by atoms with E-state index in [-0.39, 0.29) is 41.1 Å². The number of rotatable bonds is 10. The Labute approximate surface area is 198 Å². The van der Waals surface area contributed by atoms with E-state index >= 15 is 0 Å². The highest BCUT2D eigenvalue weighted by Gasteiger charge is 2.31. The van der Waals surface area contributed by atoms with Gasteiger partial charge in [0, 0.05) is 36.6 Å². The Kier molecular flexibility index (Phi) is 8.82. The molecule has 1 amide bonds. The fourth-order valence-electron chi connectivity index (χ4n) is 4.94. The Morgan fingerprint density at radius 1 is 0.879 bits per heavy atom. The first-order valence-corrected chi connectivity index (χ1v) is 12.6. The standard InChI is InChI=1S/C29H39NO3/c1-19(2)28(32)26(16-22-11-12-23-7-5-6-8-25(23)15-22)17-27(31)24-13-9-21(10-14-24)18-30-29(33)20(3)4/h5-8,11-12,15,19-21,24,26H,9-10,13-14,16-18H2,1-4H3,(H,30,33). The average molecular weight is 450 g/mol. The minimum Gasteiger partial charge on any atom is -0.356 e. The van der Waals surface area contributed by atoms with Crippen molar-refractivity contribution in [2.24, 2.45) is 29.6 Å². The molecule has 0 saturated heterocycles. The summed E-state index contributed by atoms with van der Waals surface area (Å²) < 4.78 is 0. The SMILES string of the molecule is CC(C)C(=O)NCC1CCC(C(=O)CC(Cc2ccc3ccccc3c2)C(=O)C(C)C)CC1. The molecule has 0 aromatic heterocycles. The largest absolute Gasteiger partial charge is 0.356 e. The van der Waals surface area contributed by atoms with Crippen LogP contribution in [0.1, 0.15) is 65.4 Å². The number of fused-ring (bicyclic) bond motifs is 1. The van der Waals surface area contributed by atoms with Crippen LogP contribution in [0.3, 0.4) is 0 Å². The number of carbonyl (C=O) groups is 3. The third kappa shape index (κ3) is 6.99. The third-order valence-electron chi connectivity index (χ3n) is 7.11. The number of hydrogen-bond acceptors (Lipinski definition) is 3. The average Bonchev–Trinajstić information content (AvgIpc) is 2.81. The van der Waals surface area contributed by atoms with Crippen LogP contribution >= 0.6 is 0 Å². The van der Waals surface area contributed by atoms with Crippen molar-refractivity contribution in [2.75, 3.05) is 6.54 Å². The first-order valence-electron chi connectivity index (χ1n) is 12.6. The van der Waals surface area contributed by atoms with Crippen molar-refractivity contribution < 1.29 is 14.4 Å². The van der Waals surface area contributed by atoms with Gasteiger partial charge in [0.05, 0.1) is 0 Å². The lowest BCUT2D eigenvalue weighted by molar-refractivity contribution is -0.132. The molecule has 0 spiro atoms. The molecular formula is C29H39NO3. The van der Waals surface area contributed by atoms with Crippen LogP contribution in [0.25, 0.3) is 10.8 Å². The predicted molar refractivity (Wildman–Crippen MR) is 134 cm³/mol. The molecule has 0 heterocycles. The molecule has 1 saturated carbocycles. The van der Waals surface area contributed by atoms with Crippen LogP contribution in [0.5, 0.6) is 0 Å². The summed E-state index contributed by atoms with van der Waals surface area (Å²) in [5, 5.41) is 5.38. The Bertz CT molecular complexity index is 970. The first kappa shape index (κ1) is 25.1. The Morgan fingerprint density at radius 2 is 1.55 bits per heavy atom. The van der Waals surface area contributed by atoms with E-state index in [9.17, 15) is 14.4 Å². The summed E-state index contributed by atoms with van der Waals surface area (Å²) in [5.74, 6) is 0.660. The van der Waals surface area contributed by atoms with E-state index in [4.69, 9.17) is 0 Å². The zero-order valence-corrected chi connectivity index (χ0v) is 20.6. The topological polar surface area (TPSA) is 63.2 Å². The van der Waals surface area contributed by atoms with Crippen LogP contribution in [-0.4, -0.2) is 24.0 Å². The Morgan fingerprint density at radius 3 is 2.18 bits per heavy atom. The zero-order valence-electron chi connectivity index (χ0n) is 20.6. The highest BCUT2D eigenvalue weighted by atomic mass is 16.2. The van der Waals surface area contributed by atoms with Gasteiger partial charge in [-0.15, -0.1) is 0 Å². The second-order valence-corrected chi connectivity index (χ2v) is 10.4. The van der Waals surface area contributed by atoms with Crippen LogP contribution in [-0.2, 0) is 20.8 Å². The van der Waals surface area contributed by atoms with Crippen LogP contribution in [0, 0.1) is 29.6 Å². The molecule has 1 unspecified atom stereocenters. The van der Waals surface area contributed by atoms with Gasteiger partial charge in [0.25, 0.3) is 0 Å². The van der Waals surface area contributed by atoms with Gasteiger partial charge in [-0.1, -0.05) is 70.2 Å². The molecule has 0 aliphatic heterocycles. The highest BCUT2D eigenvalue weighted by molar-refractivity contribution is 5.90. The molecule has 1 aliphatic carbocycles. The van der Waals surface area contributed by atoms with Gasteiger partial charge < -0.3 is 5.32 Å². The van der Waals surface area contributed by atoms with E-state index < -0.39 is 0 Å². The summed E-state index contributed by atoms with van der Waals surface area (Å²) in [6, 6.07) is 14.6. The van der Waals surface area contributed by atoms with E-state index in [1.54, 1.807) is 0 Å². The molecule has 1 N–H and O–H groups in total. The minimum absolute atomic E-state index is 0.000878. The number of hydrogen-bond donors (Lipinski definition) is 1. The summed E-state index contributed by atoms with van der Waals surface area (Å²) in [4.78, 5) is 38.0. The summed E-state index contributed by atoms with van der Waals surface area (Å²) >= 11 is 0. The number of Topliss-reactive ketones (excluding diaryl/α,β-unsaturated/α-hetero) is 2. The first-order chi connectivity index (χ1) is 15.7. The smallest absolute Gasteiger partial charge is 0.222 e. The van der Waals surface area contributed by atoms with Crippen molar-refractivity contribution in [3.05, 3.63) is 48.0 Å². The van der Waals surface area contributed by atoms with Crippen molar-refractivity contribution in [2.45, 2.75) is 66.2 Å². The lowest BCUT2D eigenvalue weighted by atomic mass is 9.76. The molecular weight excluding hydrogens is 410 g/mol. The molecule has 4 nitrogen and oxygen atoms in total. The second kappa shape index (κ2) is 11.6. The molecule has 1 fully saturated rings. The fraction of sp³-hybridized carbons (Fsp3) is 0.552. The zero-order chi connectivity index (χ0) is 24.0. The Balaban J connectivity index is 1.59. The summed E-state index contributed by atoms with van der Waals surface area (Å²) in [6.07, 6.45) is 4.59. The summed E-state index contributed by atoms with van der Waals surface area (Å²) in [5.41, 5.74) is 1.12. The van der Waals surface area contributed by atoms with Gasteiger partial charge in [-0.3, -0.25) is 14.4 Å². The highest BCUT2D eigenvalue weighted by Crippen LogP contribution is 2.32. The molecule has 178 valence electrons. The van der Waals surface area contributed by atoms with Crippen LogP contribution in [0.15, 0.2) is 42.5 Å². The van der Waals surface area contributed by atoms with Gasteiger partial charge in [-0.25, -0.2) is 0 Å². The van der Waals surface area contributed by atoms with E-state index in [0.717, 1.165) is 31.2 Å². The maximum absolute atomic E-state index is 13.2. The molecule has 1 aliphatic rings. The van der Waals surface area contributed by atoms with Gasteiger partial charge in [-0.05, 0) is 54.4 Å². The lowest BCUT2D eigenvalue weighted by Crippen LogP contribution is -2.35. The number of benzene rings is 2. The maximum atomic E-state index is 13.2. The lowest BCUT2D eigenvalue weighted by Gasteiger charge is -2.29. The van der Waals surface area contributed by atoms with E-state index in [1.807, 2.05) is 39.8 Å². The predicted octanol–water partition coefficient (Wildman–Crippen LogP) is 5.76. The Hall–Kier alpha value is -2.49. The van der Waals surface area contributed by atoms with Crippen LogP contribution in [0.4, 0.5) is 0 Å². The summed E-state index contributed by atoms with van der Waals surface area (Å²) in [6.45, 7) is 8.36. The van der Waals surface area contributed by atoms with Gasteiger partial charge in [0.2, 0.25) is 5.91 Å². The van der Waals surface area contributed by atoms with Crippen molar-refractivity contribution >= 4 is 28.2 Å². The monoisotopic (exact) mass is 449 g/mol. The van der Waals surface area contributed by atoms with Gasteiger partial charge in [0.15, 0.2) is 0 Å². The number of nitrogens with one attached hydrogen (secondary N) is 1. The third-order valence-corrected chi connectivity index (χ3v) is 7.11. The van der Waals surface area contributed by atoms with E-state index in [2.05, 4.69) is 35.6 Å². The molecule has 4 heteroatoms. The maximum Gasteiger partial charge on any atom is 0.222 e. The van der Waals surface area contributed by atoms with Gasteiger partial charge in [-0.2, -0.15) is 0 Å². The molecule has 1 atom stereocenters. The van der Waals surface area contributed by atoms with Crippen molar-refractivity contribution in [3.8, 4) is 0 Å². The van der Waals surface area contributed by atoms with Crippen molar-refractivity contribution in [1.29, 1.82) is 0 Å². The molecule has 2 aromatic rings. The molecule has 3 rings (SSSR count).